The SMILES string of the molecule is N#Cc1noc(-c2ccc(Cl)cc2)c1Cl. The number of aromatic nitrogens is 1. The van der Waals surface area contributed by atoms with Gasteiger partial charge in [0.2, 0.25) is 5.69 Å². The second-order valence-electron chi connectivity index (χ2n) is 2.79. The Morgan fingerprint density at radius 2 is 1.87 bits per heavy atom. The summed E-state index contributed by atoms with van der Waals surface area (Å²) in [6.07, 6.45) is 0. The van der Waals surface area contributed by atoms with E-state index < -0.39 is 0 Å². The van der Waals surface area contributed by atoms with Crippen LogP contribution < -0.4 is 0 Å². The minimum absolute atomic E-state index is 0.0848. The van der Waals surface area contributed by atoms with E-state index in [2.05, 4.69) is 5.16 Å². The fourth-order valence-corrected chi connectivity index (χ4v) is 1.48. The van der Waals surface area contributed by atoms with E-state index in [9.17, 15) is 0 Å². The summed E-state index contributed by atoms with van der Waals surface area (Å²) in [5, 5.41) is 13.0. The van der Waals surface area contributed by atoms with Crippen molar-refractivity contribution in [3.63, 3.8) is 0 Å². The number of halogens is 2. The molecule has 74 valence electrons. The molecule has 0 bridgehead atoms. The van der Waals surface area contributed by atoms with Gasteiger partial charge < -0.3 is 4.52 Å². The van der Waals surface area contributed by atoms with Crippen molar-refractivity contribution in [2.24, 2.45) is 0 Å². The number of nitrogens with zero attached hydrogens (tertiary/aromatic N) is 2. The topological polar surface area (TPSA) is 49.8 Å². The first-order valence-corrected chi connectivity index (χ1v) is 4.79. The van der Waals surface area contributed by atoms with Gasteiger partial charge >= 0.3 is 0 Å². The van der Waals surface area contributed by atoms with E-state index in [4.69, 9.17) is 33.0 Å². The van der Waals surface area contributed by atoms with Gasteiger partial charge in [0.05, 0.1) is 0 Å². The maximum Gasteiger partial charge on any atom is 0.202 e. The molecule has 0 amide bonds. The first-order valence-electron chi connectivity index (χ1n) is 4.03. The third-order valence-corrected chi connectivity index (χ3v) is 2.45. The average Bonchev–Trinajstić information content (AvgIpc) is 2.61. The summed E-state index contributed by atoms with van der Waals surface area (Å²) in [6.45, 7) is 0. The molecule has 5 heteroatoms. The number of benzene rings is 1. The smallest absolute Gasteiger partial charge is 0.202 e. The molecule has 0 saturated heterocycles. The first kappa shape index (κ1) is 10.0. The van der Waals surface area contributed by atoms with E-state index in [1.807, 2.05) is 6.07 Å². The maximum atomic E-state index is 8.64. The summed E-state index contributed by atoms with van der Waals surface area (Å²) in [7, 11) is 0. The Morgan fingerprint density at radius 1 is 1.20 bits per heavy atom. The minimum atomic E-state index is 0.0848. The average molecular weight is 239 g/mol. The van der Waals surface area contributed by atoms with E-state index in [0.717, 1.165) is 5.56 Å². The van der Waals surface area contributed by atoms with Crippen molar-refractivity contribution in [2.45, 2.75) is 0 Å². The molecule has 0 unspecified atom stereocenters. The van der Waals surface area contributed by atoms with Gasteiger partial charge in [0.1, 0.15) is 11.1 Å². The number of hydrogen-bond acceptors (Lipinski definition) is 3. The normalized spacial score (nSPS) is 9.93. The van der Waals surface area contributed by atoms with Crippen LogP contribution in [0.1, 0.15) is 5.69 Å². The molecule has 15 heavy (non-hydrogen) atoms. The predicted molar refractivity (Wildman–Crippen MR) is 56.7 cm³/mol. The second-order valence-corrected chi connectivity index (χ2v) is 3.61. The van der Waals surface area contributed by atoms with Gasteiger partial charge in [0.25, 0.3) is 0 Å². The fourth-order valence-electron chi connectivity index (χ4n) is 1.13. The van der Waals surface area contributed by atoms with E-state index >= 15 is 0 Å². The third-order valence-electron chi connectivity index (χ3n) is 1.85. The minimum Gasteiger partial charge on any atom is -0.353 e. The van der Waals surface area contributed by atoms with Crippen LogP contribution in [0.25, 0.3) is 11.3 Å². The van der Waals surface area contributed by atoms with Gasteiger partial charge in [-0.2, -0.15) is 5.26 Å². The second kappa shape index (κ2) is 3.93. The summed E-state index contributed by atoms with van der Waals surface area (Å²) in [6, 6.07) is 8.75. The third kappa shape index (κ3) is 1.82. The highest BCUT2D eigenvalue weighted by atomic mass is 35.5. The summed E-state index contributed by atoms with van der Waals surface area (Å²) < 4.78 is 4.96. The van der Waals surface area contributed by atoms with Crippen molar-refractivity contribution in [3.05, 3.63) is 40.0 Å². The highest BCUT2D eigenvalue weighted by molar-refractivity contribution is 6.34. The van der Waals surface area contributed by atoms with Crippen LogP contribution in [0.3, 0.4) is 0 Å². The standard InChI is InChI=1S/C10H4Cl2N2O/c11-7-3-1-6(2-4-7)10-9(12)8(5-13)14-15-10/h1-4H. The van der Waals surface area contributed by atoms with E-state index in [1.54, 1.807) is 24.3 Å². The Morgan fingerprint density at radius 3 is 2.40 bits per heavy atom. The number of rotatable bonds is 1. The van der Waals surface area contributed by atoms with Crippen LogP contribution in [0.5, 0.6) is 0 Å². The Labute approximate surface area is 95.8 Å². The van der Waals surface area contributed by atoms with Crippen molar-refractivity contribution in [1.82, 2.24) is 5.16 Å². The quantitative estimate of drug-likeness (QED) is 0.764. The summed E-state index contributed by atoms with van der Waals surface area (Å²) in [5.41, 5.74) is 0.819. The Kier molecular flexibility index (Phi) is 2.63. The van der Waals surface area contributed by atoms with E-state index in [-0.39, 0.29) is 10.7 Å². The van der Waals surface area contributed by atoms with Crippen LogP contribution in [0.2, 0.25) is 10.0 Å². The first-order chi connectivity index (χ1) is 7.22. The monoisotopic (exact) mass is 238 g/mol. The molecule has 0 spiro atoms. The molecule has 2 rings (SSSR count). The molecule has 3 nitrogen and oxygen atoms in total. The molecular formula is C10H4Cl2N2O. The van der Waals surface area contributed by atoms with Crippen LogP contribution >= 0.6 is 23.2 Å². The van der Waals surface area contributed by atoms with Crippen molar-refractivity contribution < 1.29 is 4.52 Å². The molecule has 0 N–H and O–H groups in total. The predicted octanol–water partition coefficient (Wildman–Crippen LogP) is 3.52. The molecule has 0 fully saturated rings. The Hall–Kier alpha value is -1.50. The number of nitriles is 1. The lowest BCUT2D eigenvalue weighted by atomic mass is 10.1. The van der Waals surface area contributed by atoms with Gasteiger partial charge in [-0.05, 0) is 24.3 Å². The summed E-state index contributed by atoms with van der Waals surface area (Å²) in [4.78, 5) is 0. The number of hydrogen-bond donors (Lipinski definition) is 0. The lowest BCUT2D eigenvalue weighted by Crippen LogP contribution is -1.75. The molecule has 0 aliphatic rings. The Bertz CT molecular complexity index is 525. The van der Waals surface area contributed by atoms with Gasteiger partial charge in [0.15, 0.2) is 5.76 Å². The van der Waals surface area contributed by atoms with Crippen LogP contribution in [0.15, 0.2) is 28.8 Å². The molecule has 0 radical (unpaired) electrons. The zero-order valence-corrected chi connectivity index (χ0v) is 8.88. The molecule has 1 aromatic carbocycles. The lowest BCUT2D eigenvalue weighted by Gasteiger charge is -1.95. The van der Waals surface area contributed by atoms with Gasteiger partial charge in [-0.15, -0.1) is 0 Å². The molecule has 0 saturated carbocycles. The zero-order chi connectivity index (χ0) is 10.8. The van der Waals surface area contributed by atoms with Crippen molar-refractivity contribution >= 4 is 23.2 Å². The lowest BCUT2D eigenvalue weighted by molar-refractivity contribution is 0.430. The zero-order valence-electron chi connectivity index (χ0n) is 7.37. The highest BCUT2D eigenvalue weighted by Gasteiger charge is 2.14. The van der Waals surface area contributed by atoms with E-state index in [1.165, 1.54) is 0 Å². The molecule has 1 heterocycles. The molecule has 1 aromatic heterocycles. The molecule has 0 atom stereocenters. The van der Waals surface area contributed by atoms with Gasteiger partial charge in [-0.1, -0.05) is 28.4 Å². The van der Waals surface area contributed by atoms with Gasteiger partial charge in [0, 0.05) is 10.6 Å². The van der Waals surface area contributed by atoms with Crippen molar-refractivity contribution in [2.75, 3.05) is 0 Å². The fraction of sp³-hybridized carbons (Fsp3) is 0. The Balaban J connectivity index is 2.51. The van der Waals surface area contributed by atoms with Crippen LogP contribution in [0.4, 0.5) is 0 Å². The van der Waals surface area contributed by atoms with Gasteiger partial charge in [-0.3, -0.25) is 0 Å². The summed E-state index contributed by atoms with van der Waals surface area (Å²) >= 11 is 11.6. The van der Waals surface area contributed by atoms with Crippen molar-refractivity contribution in [3.8, 4) is 17.4 Å². The van der Waals surface area contributed by atoms with Crippen LogP contribution in [-0.2, 0) is 0 Å². The molecule has 0 aliphatic heterocycles. The molecular weight excluding hydrogens is 235 g/mol. The highest BCUT2D eigenvalue weighted by Crippen LogP contribution is 2.30. The van der Waals surface area contributed by atoms with Gasteiger partial charge in [-0.25, -0.2) is 0 Å². The largest absolute Gasteiger partial charge is 0.353 e. The van der Waals surface area contributed by atoms with Crippen LogP contribution in [-0.4, -0.2) is 5.16 Å². The summed E-state index contributed by atoms with van der Waals surface area (Å²) in [5.74, 6) is 0.380. The van der Waals surface area contributed by atoms with Crippen molar-refractivity contribution in [1.29, 1.82) is 5.26 Å². The van der Waals surface area contributed by atoms with E-state index in [0.29, 0.717) is 10.8 Å². The maximum absolute atomic E-state index is 8.64. The molecule has 2 aromatic rings. The van der Waals surface area contributed by atoms with Crippen LogP contribution in [0, 0.1) is 11.3 Å². The molecule has 0 aliphatic carbocycles.